The van der Waals surface area contributed by atoms with E-state index in [0.29, 0.717) is 11.6 Å². The molecule has 0 saturated carbocycles. The molecular weight excluding hydrogens is 324 g/mol. The highest BCUT2D eigenvalue weighted by Gasteiger charge is 2.28. The van der Waals surface area contributed by atoms with Crippen molar-refractivity contribution in [2.45, 2.75) is 19.3 Å². The number of carbonyl (C=O) groups is 1. The van der Waals surface area contributed by atoms with E-state index in [1.807, 2.05) is 38.1 Å². The number of sulfone groups is 1. The lowest BCUT2D eigenvalue weighted by Gasteiger charge is -2.30. The standard InChI is InChI=1S/C15H21ClN2O3S/c1-15(2,12-5-3-4-6-13(12)16)11-17-14(19)18-7-9-22(20,21)10-8-18/h3-6H,7-11H2,1-2H3,(H,17,19). The van der Waals surface area contributed by atoms with Gasteiger partial charge in [-0.2, -0.15) is 0 Å². The minimum atomic E-state index is -2.98. The Morgan fingerprint density at radius 2 is 1.86 bits per heavy atom. The molecule has 2 amide bonds. The van der Waals surface area contributed by atoms with Crippen LogP contribution in [0, 0.1) is 0 Å². The van der Waals surface area contributed by atoms with Crippen molar-refractivity contribution in [3.8, 4) is 0 Å². The van der Waals surface area contributed by atoms with Crippen LogP contribution in [0.15, 0.2) is 24.3 Å². The van der Waals surface area contributed by atoms with Crippen molar-refractivity contribution in [3.05, 3.63) is 34.9 Å². The topological polar surface area (TPSA) is 66.5 Å². The quantitative estimate of drug-likeness (QED) is 0.912. The van der Waals surface area contributed by atoms with E-state index in [0.717, 1.165) is 5.56 Å². The number of hydrogen-bond acceptors (Lipinski definition) is 3. The lowest BCUT2D eigenvalue weighted by atomic mass is 9.84. The van der Waals surface area contributed by atoms with E-state index in [1.54, 1.807) is 4.90 Å². The van der Waals surface area contributed by atoms with Gasteiger partial charge in [0, 0.05) is 30.1 Å². The van der Waals surface area contributed by atoms with Crippen molar-refractivity contribution in [2.24, 2.45) is 0 Å². The highest BCUT2D eigenvalue weighted by atomic mass is 35.5. The van der Waals surface area contributed by atoms with Gasteiger partial charge in [0.05, 0.1) is 11.5 Å². The Labute approximate surface area is 136 Å². The van der Waals surface area contributed by atoms with Crippen molar-refractivity contribution in [3.63, 3.8) is 0 Å². The number of rotatable bonds is 3. The van der Waals surface area contributed by atoms with Gasteiger partial charge in [-0.1, -0.05) is 43.6 Å². The zero-order valence-corrected chi connectivity index (χ0v) is 14.4. The highest BCUT2D eigenvalue weighted by Crippen LogP contribution is 2.29. The maximum atomic E-state index is 12.2. The Bertz CT molecular complexity index is 645. The summed E-state index contributed by atoms with van der Waals surface area (Å²) >= 11 is 6.21. The van der Waals surface area contributed by atoms with Gasteiger partial charge in [-0.15, -0.1) is 0 Å². The summed E-state index contributed by atoms with van der Waals surface area (Å²) < 4.78 is 22.8. The zero-order chi connectivity index (χ0) is 16.4. The largest absolute Gasteiger partial charge is 0.337 e. The third-order valence-corrected chi connectivity index (χ3v) is 5.85. The van der Waals surface area contributed by atoms with Gasteiger partial charge >= 0.3 is 6.03 Å². The predicted octanol–water partition coefficient (Wildman–Crippen LogP) is 2.06. The highest BCUT2D eigenvalue weighted by molar-refractivity contribution is 7.91. The maximum absolute atomic E-state index is 12.2. The second-order valence-corrected chi connectivity index (χ2v) is 8.87. The molecule has 1 aliphatic rings. The van der Waals surface area contributed by atoms with E-state index >= 15 is 0 Å². The summed E-state index contributed by atoms with van der Waals surface area (Å²) in [6.07, 6.45) is 0. The first-order valence-corrected chi connectivity index (χ1v) is 9.39. The third kappa shape index (κ3) is 4.14. The van der Waals surface area contributed by atoms with Gasteiger partial charge in [0.1, 0.15) is 0 Å². The average molecular weight is 345 g/mol. The van der Waals surface area contributed by atoms with E-state index in [9.17, 15) is 13.2 Å². The summed E-state index contributed by atoms with van der Waals surface area (Å²) in [6, 6.07) is 7.34. The Hall–Kier alpha value is -1.27. The van der Waals surface area contributed by atoms with Gasteiger partial charge in [0.2, 0.25) is 0 Å². The molecule has 0 radical (unpaired) electrons. The smallest absolute Gasteiger partial charge is 0.317 e. The second kappa shape index (κ2) is 6.46. The van der Waals surface area contributed by atoms with Crippen LogP contribution in [-0.2, 0) is 15.3 Å². The fraction of sp³-hybridized carbons (Fsp3) is 0.533. The first-order valence-electron chi connectivity index (χ1n) is 7.19. The molecule has 1 N–H and O–H groups in total. The van der Waals surface area contributed by atoms with Crippen LogP contribution in [-0.4, -0.2) is 50.5 Å². The summed E-state index contributed by atoms with van der Waals surface area (Å²) in [6.45, 7) is 4.95. The van der Waals surface area contributed by atoms with E-state index in [1.165, 1.54) is 0 Å². The predicted molar refractivity (Wildman–Crippen MR) is 88.1 cm³/mol. The molecule has 1 aromatic carbocycles. The SMILES string of the molecule is CC(C)(CNC(=O)N1CCS(=O)(=O)CC1)c1ccccc1Cl. The fourth-order valence-corrected chi connectivity index (χ4v) is 4.02. The fourth-order valence-electron chi connectivity index (χ4n) is 2.43. The van der Waals surface area contributed by atoms with Gasteiger partial charge in [-0.3, -0.25) is 0 Å². The normalized spacial score (nSPS) is 18.0. The number of benzene rings is 1. The van der Waals surface area contributed by atoms with E-state index in [-0.39, 0.29) is 36.0 Å². The van der Waals surface area contributed by atoms with Gasteiger partial charge in [-0.25, -0.2) is 13.2 Å². The van der Waals surface area contributed by atoms with Gasteiger partial charge in [-0.05, 0) is 11.6 Å². The molecule has 1 aromatic rings. The summed E-state index contributed by atoms with van der Waals surface area (Å²) in [5, 5.41) is 3.55. The minimum absolute atomic E-state index is 0.0360. The van der Waals surface area contributed by atoms with Crippen LogP contribution in [0.4, 0.5) is 4.79 Å². The summed E-state index contributed by atoms with van der Waals surface area (Å²) in [5.74, 6) is 0.0721. The van der Waals surface area contributed by atoms with Gasteiger partial charge in [0.25, 0.3) is 0 Å². The molecule has 0 spiro atoms. The van der Waals surface area contributed by atoms with Crippen LogP contribution in [0.1, 0.15) is 19.4 Å². The Balaban J connectivity index is 1.95. The van der Waals surface area contributed by atoms with Crippen LogP contribution in [0.3, 0.4) is 0 Å². The third-order valence-electron chi connectivity index (χ3n) is 3.92. The monoisotopic (exact) mass is 344 g/mol. The molecule has 22 heavy (non-hydrogen) atoms. The average Bonchev–Trinajstić information content (AvgIpc) is 2.45. The molecule has 1 fully saturated rings. The lowest BCUT2D eigenvalue weighted by molar-refractivity contribution is 0.199. The van der Waals surface area contributed by atoms with E-state index in [2.05, 4.69) is 5.32 Å². The molecule has 0 aromatic heterocycles. The van der Waals surface area contributed by atoms with Crippen LogP contribution >= 0.6 is 11.6 Å². The molecule has 5 nitrogen and oxygen atoms in total. The maximum Gasteiger partial charge on any atom is 0.317 e. The number of urea groups is 1. The summed E-state index contributed by atoms with van der Waals surface area (Å²) in [7, 11) is -2.98. The van der Waals surface area contributed by atoms with Crippen molar-refractivity contribution in [1.29, 1.82) is 0 Å². The molecule has 1 heterocycles. The molecule has 0 unspecified atom stereocenters. The van der Waals surface area contributed by atoms with E-state index in [4.69, 9.17) is 11.6 Å². The Kier molecular flexibility index (Phi) is 5.02. The minimum Gasteiger partial charge on any atom is -0.337 e. The molecule has 0 bridgehead atoms. The molecule has 2 rings (SSSR count). The zero-order valence-electron chi connectivity index (χ0n) is 12.8. The van der Waals surface area contributed by atoms with Crippen molar-refractivity contribution < 1.29 is 13.2 Å². The number of carbonyl (C=O) groups excluding carboxylic acids is 1. The van der Waals surface area contributed by atoms with Crippen LogP contribution < -0.4 is 5.32 Å². The number of nitrogens with zero attached hydrogens (tertiary/aromatic N) is 1. The van der Waals surface area contributed by atoms with Crippen LogP contribution in [0.2, 0.25) is 5.02 Å². The Morgan fingerprint density at radius 1 is 1.27 bits per heavy atom. The van der Waals surface area contributed by atoms with Crippen molar-refractivity contribution in [2.75, 3.05) is 31.1 Å². The summed E-state index contributed by atoms with van der Waals surface area (Å²) in [4.78, 5) is 13.7. The first kappa shape index (κ1) is 17.1. The number of amides is 2. The summed E-state index contributed by atoms with van der Waals surface area (Å²) in [5.41, 5.74) is 0.661. The number of nitrogens with one attached hydrogen (secondary N) is 1. The number of halogens is 1. The molecule has 1 aliphatic heterocycles. The molecule has 0 aliphatic carbocycles. The molecule has 122 valence electrons. The van der Waals surface area contributed by atoms with E-state index < -0.39 is 9.84 Å². The van der Waals surface area contributed by atoms with Crippen molar-refractivity contribution >= 4 is 27.5 Å². The van der Waals surface area contributed by atoms with Gasteiger partial charge in [0.15, 0.2) is 9.84 Å². The second-order valence-electron chi connectivity index (χ2n) is 6.16. The van der Waals surface area contributed by atoms with Crippen molar-refractivity contribution in [1.82, 2.24) is 10.2 Å². The molecule has 7 heteroatoms. The molecule has 0 atom stereocenters. The van der Waals surface area contributed by atoms with Gasteiger partial charge < -0.3 is 10.2 Å². The van der Waals surface area contributed by atoms with Crippen LogP contribution in [0.25, 0.3) is 0 Å². The van der Waals surface area contributed by atoms with Crippen LogP contribution in [0.5, 0.6) is 0 Å². The molecular formula is C15H21ClN2O3S. The first-order chi connectivity index (χ1) is 10.2. The number of hydrogen-bond donors (Lipinski definition) is 1. The Morgan fingerprint density at radius 3 is 2.45 bits per heavy atom. The lowest BCUT2D eigenvalue weighted by Crippen LogP contribution is -2.50. The molecule has 1 saturated heterocycles.